The summed E-state index contributed by atoms with van der Waals surface area (Å²) in [6, 6.07) is 7.82. The van der Waals surface area contributed by atoms with Gasteiger partial charge in [-0.2, -0.15) is 0 Å². The molecule has 1 aromatic carbocycles. The van der Waals surface area contributed by atoms with Crippen molar-refractivity contribution in [2.75, 3.05) is 19.7 Å². The maximum atomic E-state index is 10.9. The number of hydrogen-bond donors (Lipinski definition) is 1. The zero-order valence-electron chi connectivity index (χ0n) is 11.3. The van der Waals surface area contributed by atoms with Crippen LogP contribution in [0.4, 0.5) is 0 Å². The second kappa shape index (κ2) is 6.57. The van der Waals surface area contributed by atoms with Gasteiger partial charge in [0.15, 0.2) is 0 Å². The van der Waals surface area contributed by atoms with Crippen molar-refractivity contribution in [3.8, 4) is 5.75 Å². The summed E-state index contributed by atoms with van der Waals surface area (Å²) in [5, 5.41) is 9.00. The topological polar surface area (TPSA) is 49.8 Å². The van der Waals surface area contributed by atoms with E-state index in [-0.39, 0.29) is 12.5 Å². The monoisotopic (exact) mass is 263 g/mol. The molecule has 1 heterocycles. The first-order valence-electron chi connectivity index (χ1n) is 6.80. The molecule has 104 valence electrons. The van der Waals surface area contributed by atoms with E-state index in [0.717, 1.165) is 31.7 Å². The Morgan fingerprint density at radius 1 is 1.32 bits per heavy atom. The molecule has 2 rings (SSSR count). The molecule has 1 N–H and O–H groups in total. The van der Waals surface area contributed by atoms with Crippen LogP contribution in [0.25, 0.3) is 0 Å². The third kappa shape index (κ3) is 4.24. The average molecular weight is 263 g/mol. The Balaban J connectivity index is 1.91. The van der Waals surface area contributed by atoms with E-state index in [0.29, 0.717) is 6.61 Å². The number of ether oxygens (including phenoxy) is 1. The van der Waals surface area contributed by atoms with Crippen LogP contribution in [0.3, 0.4) is 0 Å². The number of aliphatic carboxylic acids is 1. The van der Waals surface area contributed by atoms with Gasteiger partial charge < -0.3 is 9.84 Å². The standard InChI is InChI=1S/C15H21NO3/c1-12-4-6-14(7-5-12)19-11-13(10-15(17)18)16-8-2-3-9-16/h4-7,13H,2-3,8-11H2,1H3,(H,17,18). The van der Waals surface area contributed by atoms with Crippen LogP contribution in [-0.2, 0) is 4.79 Å². The van der Waals surface area contributed by atoms with E-state index in [9.17, 15) is 4.79 Å². The summed E-state index contributed by atoms with van der Waals surface area (Å²) in [6.45, 7) is 4.43. The molecule has 0 spiro atoms. The first-order chi connectivity index (χ1) is 9.15. The molecule has 19 heavy (non-hydrogen) atoms. The number of carbonyl (C=O) groups is 1. The van der Waals surface area contributed by atoms with Gasteiger partial charge in [0.25, 0.3) is 0 Å². The van der Waals surface area contributed by atoms with Crippen LogP contribution in [0, 0.1) is 6.92 Å². The molecule has 1 aliphatic heterocycles. The van der Waals surface area contributed by atoms with E-state index < -0.39 is 5.97 Å². The molecule has 0 aliphatic carbocycles. The van der Waals surface area contributed by atoms with Crippen LogP contribution in [-0.4, -0.2) is 41.7 Å². The van der Waals surface area contributed by atoms with E-state index in [1.807, 2.05) is 31.2 Å². The predicted molar refractivity (Wildman–Crippen MR) is 73.5 cm³/mol. The zero-order chi connectivity index (χ0) is 13.7. The van der Waals surface area contributed by atoms with Crippen LogP contribution in [0.2, 0.25) is 0 Å². The molecule has 1 unspecified atom stereocenters. The molecular formula is C15H21NO3. The molecule has 1 aliphatic rings. The highest BCUT2D eigenvalue weighted by Gasteiger charge is 2.24. The molecule has 4 nitrogen and oxygen atoms in total. The summed E-state index contributed by atoms with van der Waals surface area (Å²) >= 11 is 0. The van der Waals surface area contributed by atoms with Crippen molar-refractivity contribution >= 4 is 5.97 Å². The predicted octanol–water partition coefficient (Wildman–Crippen LogP) is 2.31. The summed E-state index contributed by atoms with van der Waals surface area (Å²) in [6.07, 6.45) is 2.45. The van der Waals surface area contributed by atoms with E-state index in [1.165, 1.54) is 5.56 Å². The molecule has 1 saturated heterocycles. The summed E-state index contributed by atoms with van der Waals surface area (Å²) < 4.78 is 5.73. The normalized spacial score (nSPS) is 17.3. The highest BCUT2D eigenvalue weighted by Crippen LogP contribution is 2.17. The fraction of sp³-hybridized carbons (Fsp3) is 0.533. The second-order valence-corrected chi connectivity index (χ2v) is 5.12. The first kappa shape index (κ1) is 13.9. The van der Waals surface area contributed by atoms with E-state index in [2.05, 4.69) is 4.90 Å². The summed E-state index contributed by atoms with van der Waals surface area (Å²) in [7, 11) is 0. The highest BCUT2D eigenvalue weighted by molar-refractivity contribution is 5.67. The van der Waals surface area contributed by atoms with Gasteiger partial charge >= 0.3 is 5.97 Å². The number of carboxylic acids is 1. The molecule has 0 saturated carbocycles. The number of nitrogens with zero attached hydrogens (tertiary/aromatic N) is 1. The van der Waals surface area contributed by atoms with Gasteiger partial charge in [0, 0.05) is 0 Å². The number of hydrogen-bond acceptors (Lipinski definition) is 3. The van der Waals surface area contributed by atoms with Gasteiger partial charge in [0.2, 0.25) is 0 Å². The van der Waals surface area contributed by atoms with Crippen molar-refractivity contribution in [1.29, 1.82) is 0 Å². The lowest BCUT2D eigenvalue weighted by atomic mass is 10.2. The Morgan fingerprint density at radius 3 is 2.53 bits per heavy atom. The van der Waals surface area contributed by atoms with Crippen LogP contribution in [0.1, 0.15) is 24.8 Å². The van der Waals surface area contributed by atoms with Crippen molar-refractivity contribution in [2.24, 2.45) is 0 Å². The number of aryl methyl sites for hydroxylation is 1. The van der Waals surface area contributed by atoms with Crippen LogP contribution < -0.4 is 4.74 Å². The first-order valence-corrected chi connectivity index (χ1v) is 6.80. The largest absolute Gasteiger partial charge is 0.492 e. The molecule has 0 bridgehead atoms. The zero-order valence-corrected chi connectivity index (χ0v) is 11.3. The Kier molecular flexibility index (Phi) is 4.80. The Bertz CT molecular complexity index is 410. The summed E-state index contributed by atoms with van der Waals surface area (Å²) in [5.41, 5.74) is 1.19. The molecule has 1 aromatic rings. The quantitative estimate of drug-likeness (QED) is 0.855. The number of rotatable bonds is 6. The van der Waals surface area contributed by atoms with Crippen molar-refractivity contribution in [3.05, 3.63) is 29.8 Å². The molecule has 0 radical (unpaired) electrons. The smallest absolute Gasteiger partial charge is 0.305 e. The van der Waals surface area contributed by atoms with Gasteiger partial charge in [-0.25, -0.2) is 0 Å². The van der Waals surface area contributed by atoms with E-state index >= 15 is 0 Å². The molecular weight excluding hydrogens is 242 g/mol. The fourth-order valence-electron chi connectivity index (χ4n) is 2.43. The van der Waals surface area contributed by atoms with Gasteiger partial charge in [-0.3, -0.25) is 9.69 Å². The third-order valence-electron chi connectivity index (χ3n) is 3.53. The number of benzene rings is 1. The minimum atomic E-state index is -0.760. The van der Waals surface area contributed by atoms with Gasteiger partial charge in [0.1, 0.15) is 12.4 Å². The van der Waals surface area contributed by atoms with Gasteiger partial charge in [-0.05, 0) is 45.0 Å². The summed E-state index contributed by atoms with van der Waals surface area (Å²) in [4.78, 5) is 13.2. The average Bonchev–Trinajstić information content (AvgIpc) is 2.90. The minimum absolute atomic E-state index is 0.0266. The van der Waals surface area contributed by atoms with Gasteiger partial charge in [-0.15, -0.1) is 0 Å². The molecule has 4 heteroatoms. The third-order valence-corrected chi connectivity index (χ3v) is 3.53. The minimum Gasteiger partial charge on any atom is -0.492 e. The maximum Gasteiger partial charge on any atom is 0.305 e. The highest BCUT2D eigenvalue weighted by atomic mass is 16.5. The maximum absolute atomic E-state index is 10.9. The SMILES string of the molecule is Cc1ccc(OCC(CC(=O)O)N2CCCC2)cc1. The van der Waals surface area contributed by atoms with Crippen molar-refractivity contribution < 1.29 is 14.6 Å². The fourth-order valence-corrected chi connectivity index (χ4v) is 2.43. The Hall–Kier alpha value is -1.55. The van der Waals surface area contributed by atoms with Crippen LogP contribution in [0.15, 0.2) is 24.3 Å². The lowest BCUT2D eigenvalue weighted by Crippen LogP contribution is -2.39. The molecule has 1 atom stereocenters. The Morgan fingerprint density at radius 2 is 1.95 bits per heavy atom. The number of carboxylic acid groups (broad SMARTS) is 1. The molecule has 0 amide bonds. The van der Waals surface area contributed by atoms with Crippen molar-refractivity contribution in [3.63, 3.8) is 0 Å². The van der Waals surface area contributed by atoms with E-state index in [4.69, 9.17) is 9.84 Å². The van der Waals surface area contributed by atoms with Gasteiger partial charge in [-0.1, -0.05) is 17.7 Å². The lowest BCUT2D eigenvalue weighted by molar-refractivity contribution is -0.138. The van der Waals surface area contributed by atoms with Crippen LogP contribution in [0.5, 0.6) is 5.75 Å². The lowest BCUT2D eigenvalue weighted by Gasteiger charge is -2.26. The number of likely N-dealkylation sites (tertiary alicyclic amines) is 1. The molecule has 0 aromatic heterocycles. The van der Waals surface area contributed by atoms with Gasteiger partial charge in [0.05, 0.1) is 12.5 Å². The van der Waals surface area contributed by atoms with Crippen molar-refractivity contribution in [1.82, 2.24) is 4.90 Å². The van der Waals surface area contributed by atoms with Crippen LogP contribution >= 0.6 is 0 Å². The Labute approximate surface area is 114 Å². The van der Waals surface area contributed by atoms with Crippen molar-refractivity contribution in [2.45, 2.75) is 32.2 Å². The molecule has 1 fully saturated rings. The second-order valence-electron chi connectivity index (χ2n) is 5.12. The van der Waals surface area contributed by atoms with E-state index in [1.54, 1.807) is 0 Å². The summed E-state index contributed by atoms with van der Waals surface area (Å²) in [5.74, 6) is 0.0459.